The highest BCUT2D eigenvalue weighted by atomic mass is 16.6. The molecule has 1 aromatic carbocycles. The molecule has 3 N–H and O–H groups in total. The van der Waals surface area contributed by atoms with Crippen LogP contribution in [-0.4, -0.2) is 55.5 Å². The number of aryl methyl sites for hydroxylation is 1. The highest BCUT2D eigenvalue weighted by Gasteiger charge is 2.57. The summed E-state index contributed by atoms with van der Waals surface area (Å²) in [5.41, 5.74) is 10.8. The lowest BCUT2D eigenvalue weighted by Gasteiger charge is -2.33. The number of hydrogen-bond donors (Lipinski definition) is 2. The second-order valence-corrected chi connectivity index (χ2v) is 10.6. The van der Waals surface area contributed by atoms with E-state index in [1.165, 1.54) is 24.0 Å². The number of nitrogens with one attached hydrogen (secondary N) is 1. The van der Waals surface area contributed by atoms with E-state index in [-0.39, 0.29) is 11.5 Å². The molecule has 0 bridgehead atoms. The SMILES string of the molecule is CN=CC(=CN)c1ccc2c(c1)C1(CC2)CC1NCC1CCN(C(=O)OC(C)(C)C)CC1. The number of nitrogens with zero attached hydrogens (tertiary/aromatic N) is 2. The number of ether oxygens (including phenoxy) is 1. The molecule has 0 aromatic heterocycles. The summed E-state index contributed by atoms with van der Waals surface area (Å²) in [7, 11) is 1.77. The van der Waals surface area contributed by atoms with Gasteiger partial charge in [-0.1, -0.05) is 18.2 Å². The molecule has 3 aliphatic rings. The Hall–Kier alpha value is -2.34. The predicted octanol–water partition coefficient (Wildman–Crippen LogP) is 3.88. The first-order chi connectivity index (χ1) is 15.3. The molecule has 1 saturated carbocycles. The molecule has 1 spiro atoms. The summed E-state index contributed by atoms with van der Waals surface area (Å²) in [5.74, 6) is 0.617. The van der Waals surface area contributed by atoms with Crippen LogP contribution in [0.3, 0.4) is 0 Å². The highest BCUT2D eigenvalue weighted by molar-refractivity contribution is 6.09. The Morgan fingerprint density at radius 3 is 2.75 bits per heavy atom. The molecule has 174 valence electrons. The number of rotatable bonds is 5. The van der Waals surface area contributed by atoms with E-state index in [4.69, 9.17) is 10.5 Å². The van der Waals surface area contributed by atoms with E-state index < -0.39 is 5.60 Å². The molecule has 32 heavy (non-hydrogen) atoms. The molecule has 2 unspecified atom stereocenters. The average molecular weight is 439 g/mol. The molecular formula is C26H38N4O2. The predicted molar refractivity (Wildman–Crippen MR) is 130 cm³/mol. The summed E-state index contributed by atoms with van der Waals surface area (Å²) in [5, 5.41) is 3.87. The number of fused-ring (bicyclic) bond motifs is 2. The van der Waals surface area contributed by atoms with Gasteiger partial charge in [0.05, 0.1) is 0 Å². The summed E-state index contributed by atoms with van der Waals surface area (Å²) in [6.07, 6.45) is 8.96. The number of amides is 1. The molecule has 2 fully saturated rings. The molecule has 6 nitrogen and oxygen atoms in total. The van der Waals surface area contributed by atoms with Crippen LogP contribution in [0.1, 0.15) is 63.1 Å². The van der Waals surface area contributed by atoms with E-state index in [9.17, 15) is 4.79 Å². The average Bonchev–Trinajstić information content (AvgIpc) is 3.35. The number of carbonyl (C=O) groups excluding carboxylic acids is 1. The lowest BCUT2D eigenvalue weighted by molar-refractivity contribution is 0.0184. The van der Waals surface area contributed by atoms with Gasteiger partial charge < -0.3 is 20.7 Å². The van der Waals surface area contributed by atoms with Gasteiger partial charge >= 0.3 is 6.09 Å². The largest absolute Gasteiger partial charge is 0.444 e. The van der Waals surface area contributed by atoms with E-state index >= 15 is 0 Å². The minimum absolute atomic E-state index is 0.178. The Labute approximate surface area is 192 Å². The van der Waals surface area contributed by atoms with Crippen LogP contribution in [0, 0.1) is 5.92 Å². The summed E-state index contributed by atoms with van der Waals surface area (Å²) in [6.45, 7) is 8.36. The van der Waals surface area contributed by atoms with Crippen LogP contribution in [0.25, 0.3) is 5.57 Å². The Bertz CT molecular complexity index is 909. The standard InChI is InChI=1S/C26H38N4O2/c1-25(2,3)32-24(31)30-11-8-18(9-12-30)16-29-23-14-26(23)10-7-19-5-6-20(13-22(19)26)21(15-27)17-28-4/h5-6,13,15,17-18,23,29H,7-12,14,16,27H2,1-4H3. The fraction of sp³-hybridized carbons (Fsp3) is 0.615. The first-order valence-electron chi connectivity index (χ1n) is 11.9. The fourth-order valence-electron chi connectivity index (χ4n) is 5.38. The van der Waals surface area contributed by atoms with Crippen molar-refractivity contribution in [2.24, 2.45) is 16.6 Å². The van der Waals surface area contributed by atoms with Gasteiger partial charge in [0, 0.05) is 49.6 Å². The third-order valence-corrected chi connectivity index (χ3v) is 7.26. The summed E-state index contributed by atoms with van der Waals surface area (Å²) >= 11 is 0. The van der Waals surface area contributed by atoms with Gasteiger partial charge in [0.25, 0.3) is 0 Å². The van der Waals surface area contributed by atoms with Crippen LogP contribution in [0.4, 0.5) is 4.79 Å². The summed E-state index contributed by atoms with van der Waals surface area (Å²) in [4.78, 5) is 18.3. The maximum atomic E-state index is 12.3. The molecule has 0 radical (unpaired) electrons. The van der Waals surface area contributed by atoms with Gasteiger partial charge in [-0.05, 0) is 82.0 Å². The van der Waals surface area contributed by atoms with Gasteiger partial charge in [-0.15, -0.1) is 0 Å². The van der Waals surface area contributed by atoms with Gasteiger partial charge in [-0.2, -0.15) is 0 Å². The zero-order chi connectivity index (χ0) is 22.9. The summed E-state index contributed by atoms with van der Waals surface area (Å²) in [6, 6.07) is 7.33. The molecule has 1 aliphatic heterocycles. The molecule has 1 saturated heterocycles. The lowest BCUT2D eigenvalue weighted by Crippen LogP contribution is -2.43. The quantitative estimate of drug-likeness (QED) is 0.684. The number of nitrogens with two attached hydrogens (primary N) is 1. The van der Waals surface area contributed by atoms with E-state index in [1.54, 1.807) is 13.2 Å². The van der Waals surface area contributed by atoms with Crippen molar-refractivity contribution in [3.63, 3.8) is 0 Å². The third-order valence-electron chi connectivity index (χ3n) is 7.26. The first kappa shape index (κ1) is 22.8. The van der Waals surface area contributed by atoms with Crippen molar-refractivity contribution in [2.45, 2.75) is 69.9 Å². The van der Waals surface area contributed by atoms with Gasteiger partial charge in [0.2, 0.25) is 0 Å². The van der Waals surface area contributed by atoms with Crippen LogP contribution < -0.4 is 11.1 Å². The zero-order valence-electron chi connectivity index (χ0n) is 20.0. The third kappa shape index (κ3) is 4.70. The Morgan fingerprint density at radius 2 is 2.09 bits per heavy atom. The zero-order valence-corrected chi connectivity index (χ0v) is 20.0. The van der Waals surface area contributed by atoms with Crippen molar-refractivity contribution < 1.29 is 9.53 Å². The number of aliphatic imine (C=N–C) groups is 1. The minimum Gasteiger partial charge on any atom is -0.444 e. The molecule has 6 heteroatoms. The van der Waals surface area contributed by atoms with Gasteiger partial charge in [0.1, 0.15) is 5.60 Å². The molecule has 2 atom stereocenters. The number of piperidine rings is 1. The van der Waals surface area contributed by atoms with Crippen molar-refractivity contribution in [1.29, 1.82) is 0 Å². The monoisotopic (exact) mass is 438 g/mol. The van der Waals surface area contributed by atoms with Crippen molar-refractivity contribution in [3.05, 3.63) is 41.1 Å². The Morgan fingerprint density at radius 1 is 1.34 bits per heavy atom. The highest BCUT2D eigenvalue weighted by Crippen LogP contribution is 2.57. The van der Waals surface area contributed by atoms with E-state index in [0.29, 0.717) is 12.0 Å². The summed E-state index contributed by atoms with van der Waals surface area (Å²) < 4.78 is 5.52. The first-order valence-corrected chi connectivity index (χ1v) is 11.9. The van der Waals surface area contributed by atoms with Crippen molar-refractivity contribution in [2.75, 3.05) is 26.7 Å². The minimum atomic E-state index is -0.433. The smallest absolute Gasteiger partial charge is 0.410 e. The van der Waals surface area contributed by atoms with Crippen LogP contribution >= 0.6 is 0 Å². The van der Waals surface area contributed by atoms with Gasteiger partial charge in [-0.25, -0.2) is 4.79 Å². The van der Waals surface area contributed by atoms with Crippen molar-refractivity contribution in [3.8, 4) is 0 Å². The maximum Gasteiger partial charge on any atom is 0.410 e. The van der Waals surface area contributed by atoms with E-state index in [0.717, 1.165) is 50.0 Å². The number of hydrogen-bond acceptors (Lipinski definition) is 5. The number of carbonyl (C=O) groups is 1. The molecular weight excluding hydrogens is 400 g/mol. The molecule has 1 aromatic rings. The van der Waals surface area contributed by atoms with Crippen LogP contribution in [0.2, 0.25) is 0 Å². The van der Waals surface area contributed by atoms with Gasteiger partial charge in [-0.3, -0.25) is 4.99 Å². The number of allylic oxidation sites excluding steroid dienone is 1. The normalized spacial score (nSPS) is 26.1. The Balaban J connectivity index is 1.31. The second kappa shape index (κ2) is 8.89. The lowest BCUT2D eigenvalue weighted by atomic mass is 9.93. The molecule has 2 aliphatic carbocycles. The second-order valence-electron chi connectivity index (χ2n) is 10.6. The topological polar surface area (TPSA) is 80.0 Å². The molecule has 1 amide bonds. The van der Waals surface area contributed by atoms with E-state index in [1.807, 2.05) is 31.9 Å². The molecule has 1 heterocycles. The fourth-order valence-corrected chi connectivity index (χ4v) is 5.38. The van der Waals surface area contributed by atoms with Crippen LogP contribution in [0.5, 0.6) is 0 Å². The van der Waals surface area contributed by atoms with Crippen LogP contribution in [0.15, 0.2) is 29.4 Å². The Kier molecular flexibility index (Phi) is 6.35. The number of likely N-dealkylation sites (tertiary alicyclic amines) is 1. The van der Waals surface area contributed by atoms with Gasteiger partial charge in [0.15, 0.2) is 0 Å². The van der Waals surface area contributed by atoms with Crippen molar-refractivity contribution in [1.82, 2.24) is 10.2 Å². The molecule has 4 rings (SSSR count). The van der Waals surface area contributed by atoms with Crippen LogP contribution in [-0.2, 0) is 16.6 Å². The number of benzene rings is 1. The van der Waals surface area contributed by atoms with Crippen molar-refractivity contribution >= 4 is 17.9 Å². The maximum absolute atomic E-state index is 12.3. The van der Waals surface area contributed by atoms with E-state index in [2.05, 4.69) is 28.5 Å².